The number of fused-ring (bicyclic) bond motifs is 2. The zero-order chi connectivity index (χ0) is 25.2. The Hall–Kier alpha value is -3.92. The molecule has 2 aromatic carbocycles. The van der Waals surface area contributed by atoms with E-state index < -0.39 is 24.1 Å². The Kier molecular flexibility index (Phi) is 6.60. The van der Waals surface area contributed by atoms with Crippen LogP contribution in [0.1, 0.15) is 18.5 Å². The molecule has 0 radical (unpaired) electrons. The standard InChI is InChI=1S/C26H27N5O4S/c1-28(14-18-16-36-17-27-18)25(34)31-21-12-13-22(31)23(24(32)33)29(15-21)26(35)30(19-8-4-2-5-9-19)20-10-6-3-7-11-20/h2-11,16-17,21-23H,12-15H2,1H3,(H,32,33)/t21?,22-,23+/m1/s1. The molecule has 9 nitrogen and oxygen atoms in total. The van der Waals surface area contributed by atoms with E-state index in [1.165, 1.54) is 16.2 Å². The van der Waals surface area contributed by atoms with Gasteiger partial charge in [-0.05, 0) is 37.1 Å². The van der Waals surface area contributed by atoms with Gasteiger partial charge in [0.25, 0.3) is 0 Å². The number of para-hydroxylation sites is 2. The Morgan fingerprint density at radius 2 is 1.64 bits per heavy atom. The second-order valence-corrected chi connectivity index (χ2v) is 9.77. The monoisotopic (exact) mass is 505 g/mol. The first kappa shape index (κ1) is 23.8. The second kappa shape index (κ2) is 9.98. The van der Waals surface area contributed by atoms with E-state index in [-0.39, 0.29) is 18.6 Å². The van der Waals surface area contributed by atoms with E-state index in [0.717, 1.165) is 5.69 Å². The van der Waals surface area contributed by atoms with Crippen LogP contribution in [0.2, 0.25) is 0 Å². The smallest absolute Gasteiger partial charge is 0.329 e. The molecule has 1 N–H and O–H groups in total. The van der Waals surface area contributed by atoms with Crippen molar-refractivity contribution in [3.8, 4) is 0 Å². The third kappa shape index (κ3) is 4.39. The van der Waals surface area contributed by atoms with Crippen LogP contribution in [0.25, 0.3) is 0 Å². The average molecular weight is 506 g/mol. The summed E-state index contributed by atoms with van der Waals surface area (Å²) in [5.41, 5.74) is 3.79. The number of amides is 4. The number of thiazole rings is 1. The van der Waals surface area contributed by atoms with Crippen molar-refractivity contribution in [1.82, 2.24) is 19.7 Å². The van der Waals surface area contributed by atoms with Gasteiger partial charge in [-0.25, -0.2) is 19.4 Å². The third-order valence-corrected chi connectivity index (χ3v) is 7.44. The van der Waals surface area contributed by atoms with Gasteiger partial charge in [-0.3, -0.25) is 4.90 Å². The van der Waals surface area contributed by atoms with Gasteiger partial charge in [-0.2, -0.15) is 0 Å². The minimum Gasteiger partial charge on any atom is -0.480 e. The molecule has 2 bridgehead atoms. The average Bonchev–Trinajstić information content (AvgIpc) is 3.50. The van der Waals surface area contributed by atoms with Gasteiger partial charge >= 0.3 is 18.0 Å². The highest BCUT2D eigenvalue weighted by Crippen LogP contribution is 2.37. The zero-order valence-corrected chi connectivity index (χ0v) is 20.6. The number of carbonyl (C=O) groups excluding carboxylic acids is 2. The summed E-state index contributed by atoms with van der Waals surface area (Å²) in [5.74, 6) is -1.12. The number of carbonyl (C=O) groups is 3. The van der Waals surface area contributed by atoms with E-state index >= 15 is 0 Å². The lowest BCUT2D eigenvalue weighted by Crippen LogP contribution is -2.67. The SMILES string of the molecule is CN(Cc1cscn1)C(=O)N1C2CC[C@@H]1[C@@H](C(=O)O)N(C(=O)N(c1ccccc1)c1ccccc1)C2. The summed E-state index contributed by atoms with van der Waals surface area (Å²) in [5, 5.41) is 12.2. The number of aliphatic carboxylic acids is 1. The van der Waals surface area contributed by atoms with E-state index in [2.05, 4.69) is 4.98 Å². The van der Waals surface area contributed by atoms with E-state index in [4.69, 9.17) is 0 Å². The maximum atomic E-state index is 14.0. The maximum absolute atomic E-state index is 14.0. The molecule has 36 heavy (non-hydrogen) atoms. The molecule has 0 spiro atoms. The van der Waals surface area contributed by atoms with Gasteiger partial charge in [0.1, 0.15) is 0 Å². The normalized spacial score (nSPS) is 20.8. The van der Waals surface area contributed by atoms with Crippen LogP contribution in [0.5, 0.6) is 0 Å². The van der Waals surface area contributed by atoms with E-state index in [1.807, 2.05) is 66.0 Å². The quantitative estimate of drug-likeness (QED) is 0.559. The molecule has 2 aliphatic heterocycles. The molecule has 2 saturated heterocycles. The lowest BCUT2D eigenvalue weighted by Gasteiger charge is -2.47. The fourth-order valence-corrected chi connectivity index (χ4v) is 5.77. The summed E-state index contributed by atoms with van der Waals surface area (Å²) in [4.78, 5) is 50.5. The van der Waals surface area contributed by atoms with E-state index in [9.17, 15) is 19.5 Å². The fourth-order valence-electron chi connectivity index (χ4n) is 5.22. The van der Waals surface area contributed by atoms with Crippen LogP contribution in [0.3, 0.4) is 0 Å². The number of anilines is 2. The third-order valence-electron chi connectivity index (χ3n) is 6.80. The Morgan fingerprint density at radius 1 is 1.00 bits per heavy atom. The molecule has 2 fully saturated rings. The van der Waals surface area contributed by atoms with Gasteiger partial charge in [-0.1, -0.05) is 36.4 Å². The number of aromatic nitrogens is 1. The van der Waals surface area contributed by atoms with Crippen molar-refractivity contribution >= 4 is 40.7 Å². The highest BCUT2D eigenvalue weighted by Gasteiger charge is 2.54. The summed E-state index contributed by atoms with van der Waals surface area (Å²) < 4.78 is 0. The maximum Gasteiger partial charge on any atom is 0.329 e. The summed E-state index contributed by atoms with van der Waals surface area (Å²) in [7, 11) is 1.70. The Morgan fingerprint density at radius 3 is 2.19 bits per heavy atom. The van der Waals surface area contributed by atoms with Gasteiger partial charge in [0, 0.05) is 19.0 Å². The highest BCUT2D eigenvalue weighted by molar-refractivity contribution is 7.07. The number of urea groups is 2. The van der Waals surface area contributed by atoms with Crippen LogP contribution in [0, 0.1) is 0 Å². The number of nitrogens with zero attached hydrogens (tertiary/aromatic N) is 5. The van der Waals surface area contributed by atoms with E-state index in [0.29, 0.717) is 30.8 Å². The molecular formula is C26H27N5O4S. The lowest BCUT2D eigenvalue weighted by atomic mass is 10.0. The molecule has 3 atom stereocenters. The van der Waals surface area contributed by atoms with Crippen LogP contribution in [-0.4, -0.2) is 74.5 Å². The van der Waals surface area contributed by atoms with Gasteiger partial charge in [0.2, 0.25) is 0 Å². The van der Waals surface area contributed by atoms with Crippen molar-refractivity contribution in [3.05, 3.63) is 77.2 Å². The summed E-state index contributed by atoms with van der Waals surface area (Å²) >= 11 is 1.46. The van der Waals surface area contributed by atoms with Gasteiger partial charge in [0.15, 0.2) is 6.04 Å². The molecule has 186 valence electrons. The number of benzene rings is 2. The minimum atomic E-state index is -1.15. The number of piperazine rings is 1. The predicted molar refractivity (Wildman–Crippen MR) is 136 cm³/mol. The van der Waals surface area contributed by atoms with Crippen LogP contribution in [0.4, 0.5) is 21.0 Å². The first-order valence-corrected chi connectivity index (χ1v) is 12.7. The number of likely N-dealkylation sites (tertiary alicyclic amines) is 1. The van der Waals surface area contributed by atoms with Crippen molar-refractivity contribution < 1.29 is 19.5 Å². The number of hydrogen-bond donors (Lipinski definition) is 1. The molecule has 2 aliphatic rings. The Labute approximate surface area is 213 Å². The molecular weight excluding hydrogens is 478 g/mol. The van der Waals surface area contributed by atoms with Crippen molar-refractivity contribution in [2.45, 2.75) is 37.5 Å². The molecule has 4 amide bonds. The van der Waals surface area contributed by atoms with Gasteiger partial charge in [0.05, 0.1) is 41.2 Å². The number of carboxylic acids is 1. The number of hydrogen-bond acceptors (Lipinski definition) is 5. The van der Waals surface area contributed by atoms with Crippen molar-refractivity contribution in [3.63, 3.8) is 0 Å². The second-order valence-electron chi connectivity index (χ2n) is 9.05. The van der Waals surface area contributed by atoms with E-state index in [1.54, 1.807) is 27.3 Å². The predicted octanol–water partition coefficient (Wildman–Crippen LogP) is 4.26. The summed E-state index contributed by atoms with van der Waals surface area (Å²) in [6.07, 6.45) is 1.17. The minimum absolute atomic E-state index is 0.152. The molecule has 5 rings (SSSR count). The number of rotatable bonds is 5. The van der Waals surface area contributed by atoms with Crippen LogP contribution in [0.15, 0.2) is 71.6 Å². The summed E-state index contributed by atoms with van der Waals surface area (Å²) in [6, 6.07) is 15.7. The zero-order valence-electron chi connectivity index (χ0n) is 19.8. The molecule has 10 heteroatoms. The molecule has 3 heterocycles. The fraction of sp³-hybridized carbons (Fsp3) is 0.308. The Balaban J connectivity index is 1.44. The molecule has 0 saturated carbocycles. The summed E-state index contributed by atoms with van der Waals surface area (Å²) in [6.45, 7) is 0.493. The van der Waals surface area contributed by atoms with Crippen LogP contribution in [-0.2, 0) is 11.3 Å². The molecule has 3 aromatic rings. The first-order chi connectivity index (χ1) is 17.5. The molecule has 1 aromatic heterocycles. The number of carboxylic acid groups (broad SMARTS) is 1. The van der Waals surface area contributed by atoms with Gasteiger partial charge in [-0.15, -0.1) is 11.3 Å². The topological polar surface area (TPSA) is 97.3 Å². The lowest BCUT2D eigenvalue weighted by molar-refractivity contribution is -0.145. The van der Waals surface area contributed by atoms with Gasteiger partial charge < -0.3 is 19.8 Å². The highest BCUT2D eigenvalue weighted by atomic mass is 32.1. The Bertz CT molecular complexity index is 1180. The molecule has 0 aliphatic carbocycles. The molecule has 1 unspecified atom stereocenters. The largest absolute Gasteiger partial charge is 0.480 e. The van der Waals surface area contributed by atoms with Crippen molar-refractivity contribution in [1.29, 1.82) is 0 Å². The first-order valence-electron chi connectivity index (χ1n) is 11.8. The van der Waals surface area contributed by atoms with Crippen LogP contribution < -0.4 is 4.90 Å². The van der Waals surface area contributed by atoms with Crippen LogP contribution >= 0.6 is 11.3 Å². The van der Waals surface area contributed by atoms with Crippen molar-refractivity contribution in [2.24, 2.45) is 0 Å². The van der Waals surface area contributed by atoms with Crippen molar-refractivity contribution in [2.75, 3.05) is 18.5 Å².